The summed E-state index contributed by atoms with van der Waals surface area (Å²) in [6, 6.07) is 27.6. The van der Waals surface area contributed by atoms with E-state index in [4.69, 9.17) is 27.9 Å². The van der Waals surface area contributed by atoms with Crippen molar-refractivity contribution in [1.29, 1.82) is 0 Å². The topological polar surface area (TPSA) is 96.0 Å². The summed E-state index contributed by atoms with van der Waals surface area (Å²) in [5.41, 5.74) is 1.78. The average Bonchev–Trinajstić information content (AvgIpc) is 3.06. The number of hydrogen-bond donors (Lipinski definition) is 1. The quantitative estimate of drug-likeness (QED) is 0.140. The van der Waals surface area contributed by atoms with Gasteiger partial charge in [-0.3, -0.25) is 13.9 Å². The summed E-state index contributed by atoms with van der Waals surface area (Å²) in [6.07, 6.45) is 1.88. The van der Waals surface area contributed by atoms with Crippen LogP contribution in [-0.2, 0) is 32.6 Å². The molecule has 0 heterocycles. The number of hydrogen-bond acceptors (Lipinski definition) is 5. The molecule has 0 aliphatic heterocycles. The third-order valence-corrected chi connectivity index (χ3v) is 9.66. The maximum atomic E-state index is 14.5. The zero-order valence-electron chi connectivity index (χ0n) is 25.7. The Morgan fingerprint density at radius 2 is 1.54 bits per heavy atom. The molecule has 4 aromatic carbocycles. The van der Waals surface area contributed by atoms with E-state index in [9.17, 15) is 18.0 Å². The average molecular weight is 683 g/mol. The van der Waals surface area contributed by atoms with Crippen LogP contribution in [0.2, 0.25) is 10.0 Å². The number of nitrogens with zero attached hydrogens (tertiary/aromatic N) is 2. The van der Waals surface area contributed by atoms with Crippen LogP contribution in [0.15, 0.2) is 108 Å². The molecule has 46 heavy (non-hydrogen) atoms. The summed E-state index contributed by atoms with van der Waals surface area (Å²) in [6.45, 7) is 1.93. The van der Waals surface area contributed by atoms with Crippen LogP contribution >= 0.6 is 23.2 Å². The Hall–Kier alpha value is -4.05. The number of nitrogens with one attached hydrogen (secondary N) is 1. The number of benzene rings is 4. The van der Waals surface area contributed by atoms with Gasteiger partial charge in [-0.2, -0.15) is 0 Å². The van der Waals surface area contributed by atoms with Crippen molar-refractivity contribution in [1.82, 2.24) is 10.2 Å². The lowest BCUT2D eigenvalue weighted by atomic mass is 10.0. The third kappa shape index (κ3) is 9.25. The van der Waals surface area contributed by atoms with Gasteiger partial charge in [-0.1, -0.05) is 85.1 Å². The molecule has 0 fully saturated rings. The first kappa shape index (κ1) is 34.8. The lowest BCUT2D eigenvalue weighted by Gasteiger charge is -2.34. The number of sulfonamides is 1. The molecule has 0 unspecified atom stereocenters. The van der Waals surface area contributed by atoms with Crippen molar-refractivity contribution in [2.24, 2.45) is 0 Å². The first-order chi connectivity index (χ1) is 22.1. The van der Waals surface area contributed by atoms with Crippen LogP contribution in [0.4, 0.5) is 5.69 Å². The molecule has 0 saturated heterocycles. The number of carbonyl (C=O) groups is 2. The lowest BCUT2D eigenvalue weighted by Crippen LogP contribution is -2.53. The number of ether oxygens (including phenoxy) is 1. The number of amides is 2. The molecule has 0 spiro atoms. The standard InChI is InChI=1S/C35H37Cl2N3O5S/c1-3-4-21-38-35(42)33(22-26-9-6-5-7-10-26)39(24-27-13-15-28(36)16-14-27)34(41)25-40(30-12-8-11-29(37)23-30)46(43,44)32-19-17-31(45-2)18-20-32/h5-20,23,33H,3-4,21-22,24-25H2,1-2H3,(H,38,42)/t33-/m0/s1. The molecule has 242 valence electrons. The van der Waals surface area contributed by atoms with Crippen LogP contribution in [0, 0.1) is 0 Å². The Balaban J connectivity index is 1.78. The minimum absolute atomic E-state index is 0.0385. The molecule has 11 heteroatoms. The second-order valence-corrected chi connectivity index (χ2v) is 13.4. The van der Waals surface area contributed by atoms with Gasteiger partial charge in [-0.25, -0.2) is 8.42 Å². The molecule has 0 saturated carbocycles. The number of unbranched alkanes of at least 4 members (excludes halogenated alkanes) is 1. The molecule has 4 rings (SSSR count). The van der Waals surface area contributed by atoms with Crippen molar-refractivity contribution < 1.29 is 22.7 Å². The molecular formula is C35H37Cl2N3O5S. The van der Waals surface area contributed by atoms with Gasteiger partial charge in [0.1, 0.15) is 18.3 Å². The Labute approximate surface area is 280 Å². The van der Waals surface area contributed by atoms with Crippen molar-refractivity contribution in [3.8, 4) is 5.75 Å². The summed E-state index contributed by atoms with van der Waals surface area (Å²) in [7, 11) is -2.79. The van der Waals surface area contributed by atoms with Crippen LogP contribution in [-0.4, -0.2) is 51.4 Å². The van der Waals surface area contributed by atoms with Crippen molar-refractivity contribution in [3.63, 3.8) is 0 Å². The molecule has 1 atom stereocenters. The molecule has 0 bridgehead atoms. The van der Waals surface area contributed by atoms with Gasteiger partial charge in [-0.05, 0) is 72.1 Å². The molecule has 8 nitrogen and oxygen atoms in total. The van der Waals surface area contributed by atoms with Crippen molar-refractivity contribution >= 4 is 50.7 Å². The highest BCUT2D eigenvalue weighted by atomic mass is 35.5. The molecule has 1 N–H and O–H groups in total. The second-order valence-electron chi connectivity index (χ2n) is 10.7. The molecule has 2 amide bonds. The van der Waals surface area contributed by atoms with E-state index in [-0.39, 0.29) is 29.5 Å². The van der Waals surface area contributed by atoms with E-state index < -0.39 is 28.5 Å². The number of anilines is 1. The van der Waals surface area contributed by atoms with Crippen LogP contribution < -0.4 is 14.4 Å². The maximum absolute atomic E-state index is 14.5. The maximum Gasteiger partial charge on any atom is 0.264 e. The minimum atomic E-state index is -4.27. The van der Waals surface area contributed by atoms with Crippen LogP contribution in [0.1, 0.15) is 30.9 Å². The first-order valence-electron chi connectivity index (χ1n) is 14.9. The Morgan fingerprint density at radius 1 is 0.848 bits per heavy atom. The summed E-state index contributed by atoms with van der Waals surface area (Å²) in [4.78, 5) is 29.7. The highest BCUT2D eigenvalue weighted by Crippen LogP contribution is 2.28. The molecule has 4 aromatic rings. The Bertz CT molecular complexity index is 1700. The highest BCUT2D eigenvalue weighted by Gasteiger charge is 2.34. The van der Waals surface area contributed by atoms with Gasteiger partial charge in [0.25, 0.3) is 10.0 Å². The molecule has 0 aliphatic carbocycles. The number of halogens is 2. The van der Waals surface area contributed by atoms with Gasteiger partial charge in [0, 0.05) is 29.6 Å². The van der Waals surface area contributed by atoms with E-state index in [1.165, 1.54) is 42.3 Å². The summed E-state index contributed by atoms with van der Waals surface area (Å²) in [5.74, 6) is -0.415. The minimum Gasteiger partial charge on any atom is -0.497 e. The second kappa shape index (κ2) is 16.5. The Kier molecular flexibility index (Phi) is 12.5. The lowest BCUT2D eigenvalue weighted by molar-refractivity contribution is -0.140. The monoisotopic (exact) mass is 681 g/mol. The van der Waals surface area contributed by atoms with Gasteiger partial charge in [0.15, 0.2) is 0 Å². The van der Waals surface area contributed by atoms with Gasteiger partial charge in [-0.15, -0.1) is 0 Å². The van der Waals surface area contributed by atoms with Crippen LogP contribution in [0.5, 0.6) is 5.75 Å². The molecule has 0 radical (unpaired) electrons. The normalized spacial score (nSPS) is 11.8. The van der Waals surface area contributed by atoms with E-state index in [0.29, 0.717) is 22.3 Å². The summed E-state index contributed by atoms with van der Waals surface area (Å²) < 4.78 is 34.5. The third-order valence-electron chi connectivity index (χ3n) is 7.39. The number of methoxy groups -OCH3 is 1. The summed E-state index contributed by atoms with van der Waals surface area (Å²) >= 11 is 12.4. The van der Waals surface area contributed by atoms with Crippen molar-refractivity contribution in [3.05, 3.63) is 124 Å². The predicted octanol–water partition coefficient (Wildman–Crippen LogP) is 6.75. The zero-order valence-corrected chi connectivity index (χ0v) is 28.1. The van der Waals surface area contributed by atoms with Crippen LogP contribution in [0.25, 0.3) is 0 Å². The van der Waals surface area contributed by atoms with E-state index in [2.05, 4.69) is 5.32 Å². The predicted molar refractivity (Wildman–Crippen MR) is 183 cm³/mol. The van der Waals surface area contributed by atoms with E-state index in [1.807, 2.05) is 37.3 Å². The van der Waals surface area contributed by atoms with Gasteiger partial charge in [0.2, 0.25) is 11.8 Å². The van der Waals surface area contributed by atoms with E-state index >= 15 is 0 Å². The van der Waals surface area contributed by atoms with Crippen molar-refractivity contribution in [2.75, 3.05) is 24.5 Å². The summed E-state index contributed by atoms with van der Waals surface area (Å²) in [5, 5.41) is 3.80. The first-order valence-corrected chi connectivity index (χ1v) is 17.1. The largest absolute Gasteiger partial charge is 0.497 e. The highest BCUT2D eigenvalue weighted by molar-refractivity contribution is 7.92. The van der Waals surface area contributed by atoms with Gasteiger partial charge < -0.3 is 15.0 Å². The van der Waals surface area contributed by atoms with Gasteiger partial charge >= 0.3 is 0 Å². The van der Waals surface area contributed by atoms with Crippen molar-refractivity contribution in [2.45, 2.75) is 43.7 Å². The molecule has 0 aromatic heterocycles. The number of rotatable bonds is 15. The number of carbonyl (C=O) groups excluding carboxylic acids is 2. The molecule has 0 aliphatic rings. The van der Waals surface area contributed by atoms with Gasteiger partial charge in [0.05, 0.1) is 17.7 Å². The smallest absolute Gasteiger partial charge is 0.264 e. The molecular weight excluding hydrogens is 645 g/mol. The fraction of sp³-hybridized carbons (Fsp3) is 0.257. The zero-order chi connectivity index (χ0) is 33.1. The Morgan fingerprint density at radius 3 is 2.17 bits per heavy atom. The fourth-order valence-electron chi connectivity index (χ4n) is 4.88. The van der Waals surface area contributed by atoms with E-state index in [0.717, 1.165) is 28.3 Å². The van der Waals surface area contributed by atoms with E-state index in [1.54, 1.807) is 42.5 Å². The fourth-order valence-corrected chi connectivity index (χ4v) is 6.60. The SMILES string of the molecule is CCCCNC(=O)[C@H](Cc1ccccc1)N(Cc1ccc(Cl)cc1)C(=O)CN(c1cccc(Cl)c1)S(=O)(=O)c1ccc(OC)cc1. The van der Waals surface area contributed by atoms with Crippen LogP contribution in [0.3, 0.4) is 0 Å².